The van der Waals surface area contributed by atoms with Gasteiger partial charge in [0.2, 0.25) is 0 Å². The maximum atomic E-state index is 5.80. The maximum absolute atomic E-state index is 5.80. The van der Waals surface area contributed by atoms with E-state index >= 15 is 0 Å². The highest BCUT2D eigenvalue weighted by atomic mass is 16.5. The van der Waals surface area contributed by atoms with Gasteiger partial charge >= 0.3 is 0 Å². The molecule has 0 saturated heterocycles. The summed E-state index contributed by atoms with van der Waals surface area (Å²) >= 11 is 0. The lowest BCUT2D eigenvalue weighted by Gasteiger charge is -2.21. The van der Waals surface area contributed by atoms with Gasteiger partial charge in [-0.25, -0.2) is 0 Å². The normalized spacial score (nSPS) is 10.4. The standard InChI is InChI=1S/C18H24N2O/c1-15-5-3-4-6-18(15)20(2)13-14-21-17-9-7-16(8-10-17)11-12-19/h3-10H,11-14,19H2,1-2H3. The maximum Gasteiger partial charge on any atom is 0.119 e. The van der Waals surface area contributed by atoms with Gasteiger partial charge < -0.3 is 15.4 Å². The molecule has 2 rings (SSSR count). The molecule has 0 aliphatic heterocycles. The molecule has 0 aliphatic rings. The average molecular weight is 284 g/mol. The van der Waals surface area contributed by atoms with Crippen LogP contribution in [0.15, 0.2) is 48.5 Å². The van der Waals surface area contributed by atoms with Crippen molar-refractivity contribution < 1.29 is 4.74 Å². The third-order valence-corrected chi connectivity index (χ3v) is 3.58. The average Bonchev–Trinajstić information content (AvgIpc) is 2.49. The second-order valence-electron chi connectivity index (χ2n) is 5.24. The zero-order valence-electron chi connectivity index (χ0n) is 12.9. The van der Waals surface area contributed by atoms with Crippen molar-refractivity contribution in [3.05, 3.63) is 59.7 Å². The predicted octanol–water partition coefficient (Wildman–Crippen LogP) is 3.01. The second kappa shape index (κ2) is 7.70. The zero-order valence-corrected chi connectivity index (χ0v) is 12.9. The van der Waals surface area contributed by atoms with E-state index in [1.54, 1.807) is 0 Å². The number of rotatable bonds is 7. The van der Waals surface area contributed by atoms with Crippen LogP contribution in [0.1, 0.15) is 11.1 Å². The van der Waals surface area contributed by atoms with Crippen LogP contribution in [0.3, 0.4) is 0 Å². The van der Waals surface area contributed by atoms with Crippen LogP contribution in [0.25, 0.3) is 0 Å². The molecule has 3 nitrogen and oxygen atoms in total. The SMILES string of the molecule is Cc1ccccc1N(C)CCOc1ccc(CCN)cc1. The van der Waals surface area contributed by atoms with Crippen LogP contribution < -0.4 is 15.4 Å². The summed E-state index contributed by atoms with van der Waals surface area (Å²) in [6, 6.07) is 16.6. The first-order valence-electron chi connectivity index (χ1n) is 7.39. The van der Waals surface area contributed by atoms with Crippen molar-refractivity contribution in [2.24, 2.45) is 5.73 Å². The summed E-state index contributed by atoms with van der Waals surface area (Å²) in [5, 5.41) is 0. The Morgan fingerprint density at radius 1 is 1.05 bits per heavy atom. The highest BCUT2D eigenvalue weighted by molar-refractivity contribution is 5.52. The molecule has 0 radical (unpaired) electrons. The Morgan fingerprint density at radius 3 is 2.43 bits per heavy atom. The van der Waals surface area contributed by atoms with Crippen molar-refractivity contribution in [3.8, 4) is 5.75 Å². The Morgan fingerprint density at radius 2 is 1.76 bits per heavy atom. The molecule has 2 aromatic rings. The van der Waals surface area contributed by atoms with Gasteiger partial charge in [-0.3, -0.25) is 0 Å². The zero-order chi connectivity index (χ0) is 15.1. The van der Waals surface area contributed by atoms with E-state index in [-0.39, 0.29) is 0 Å². The fourth-order valence-electron chi connectivity index (χ4n) is 2.33. The van der Waals surface area contributed by atoms with E-state index in [1.165, 1.54) is 16.8 Å². The Labute approximate surface area is 127 Å². The molecule has 0 bridgehead atoms. The summed E-state index contributed by atoms with van der Waals surface area (Å²) < 4.78 is 5.80. The van der Waals surface area contributed by atoms with Gasteiger partial charge in [0.1, 0.15) is 12.4 Å². The van der Waals surface area contributed by atoms with Gasteiger partial charge in [0.25, 0.3) is 0 Å². The Balaban J connectivity index is 1.82. The van der Waals surface area contributed by atoms with Crippen LogP contribution in [-0.2, 0) is 6.42 Å². The van der Waals surface area contributed by atoms with Crippen molar-refractivity contribution in [1.82, 2.24) is 0 Å². The molecule has 2 N–H and O–H groups in total. The molecule has 0 aliphatic carbocycles. The number of hydrogen-bond donors (Lipinski definition) is 1. The third-order valence-electron chi connectivity index (χ3n) is 3.58. The molecular formula is C18H24N2O. The molecule has 0 amide bonds. The first kappa shape index (κ1) is 15.4. The number of likely N-dealkylation sites (N-methyl/N-ethyl adjacent to an activating group) is 1. The quantitative estimate of drug-likeness (QED) is 0.849. The number of aryl methyl sites for hydroxylation is 1. The molecule has 0 unspecified atom stereocenters. The summed E-state index contributed by atoms with van der Waals surface area (Å²) in [6.07, 6.45) is 0.913. The van der Waals surface area contributed by atoms with E-state index in [0.717, 1.165) is 18.7 Å². The Bertz CT molecular complexity index is 551. The van der Waals surface area contributed by atoms with Crippen molar-refractivity contribution in [2.45, 2.75) is 13.3 Å². The summed E-state index contributed by atoms with van der Waals surface area (Å²) in [4.78, 5) is 2.22. The van der Waals surface area contributed by atoms with Gasteiger partial charge in [-0.15, -0.1) is 0 Å². The van der Waals surface area contributed by atoms with Gasteiger partial charge in [-0.05, 0) is 49.2 Å². The van der Waals surface area contributed by atoms with Gasteiger partial charge in [0.15, 0.2) is 0 Å². The van der Waals surface area contributed by atoms with Crippen LogP contribution in [0.4, 0.5) is 5.69 Å². The number of anilines is 1. The largest absolute Gasteiger partial charge is 0.492 e. The second-order valence-corrected chi connectivity index (χ2v) is 5.24. The number of nitrogens with zero attached hydrogens (tertiary/aromatic N) is 1. The van der Waals surface area contributed by atoms with Gasteiger partial charge in [-0.2, -0.15) is 0 Å². The number of ether oxygens (including phenoxy) is 1. The molecule has 0 fully saturated rings. The number of hydrogen-bond acceptors (Lipinski definition) is 3. The van der Waals surface area contributed by atoms with E-state index in [4.69, 9.17) is 10.5 Å². The van der Waals surface area contributed by atoms with Crippen LogP contribution in [0.2, 0.25) is 0 Å². The van der Waals surface area contributed by atoms with E-state index in [0.29, 0.717) is 13.2 Å². The van der Waals surface area contributed by atoms with Crippen LogP contribution in [0.5, 0.6) is 5.75 Å². The van der Waals surface area contributed by atoms with E-state index < -0.39 is 0 Å². The lowest BCUT2D eigenvalue weighted by molar-refractivity contribution is 0.326. The lowest BCUT2D eigenvalue weighted by atomic mass is 10.1. The van der Waals surface area contributed by atoms with Crippen LogP contribution in [-0.4, -0.2) is 26.7 Å². The smallest absolute Gasteiger partial charge is 0.119 e. The Kier molecular flexibility index (Phi) is 5.64. The number of nitrogens with two attached hydrogens (primary N) is 1. The minimum absolute atomic E-state index is 0.668. The molecule has 0 heterocycles. The van der Waals surface area contributed by atoms with Crippen molar-refractivity contribution in [1.29, 1.82) is 0 Å². The molecule has 0 atom stereocenters. The lowest BCUT2D eigenvalue weighted by Crippen LogP contribution is -2.24. The number of para-hydroxylation sites is 1. The van der Waals surface area contributed by atoms with Crippen molar-refractivity contribution >= 4 is 5.69 Å². The minimum atomic E-state index is 0.668. The van der Waals surface area contributed by atoms with Gasteiger partial charge in [-0.1, -0.05) is 30.3 Å². The summed E-state index contributed by atoms with van der Waals surface area (Å²) in [7, 11) is 2.09. The van der Waals surface area contributed by atoms with E-state index in [2.05, 4.69) is 55.3 Å². The van der Waals surface area contributed by atoms with E-state index in [1.807, 2.05) is 12.1 Å². The highest BCUT2D eigenvalue weighted by Gasteiger charge is 2.03. The Hall–Kier alpha value is -2.00. The van der Waals surface area contributed by atoms with Gasteiger partial charge in [0, 0.05) is 12.7 Å². The van der Waals surface area contributed by atoms with E-state index in [9.17, 15) is 0 Å². The summed E-state index contributed by atoms with van der Waals surface area (Å²) in [5.41, 5.74) is 9.33. The van der Waals surface area contributed by atoms with Crippen LogP contribution >= 0.6 is 0 Å². The summed E-state index contributed by atoms with van der Waals surface area (Å²) in [5.74, 6) is 0.911. The molecular weight excluding hydrogens is 260 g/mol. The molecule has 3 heteroatoms. The predicted molar refractivity (Wildman–Crippen MR) is 89.1 cm³/mol. The van der Waals surface area contributed by atoms with Crippen LogP contribution in [0, 0.1) is 6.92 Å². The monoisotopic (exact) mass is 284 g/mol. The molecule has 112 valence electrons. The molecule has 0 spiro atoms. The first-order chi connectivity index (χ1) is 10.2. The minimum Gasteiger partial charge on any atom is -0.492 e. The fourth-order valence-corrected chi connectivity index (χ4v) is 2.33. The molecule has 0 aromatic heterocycles. The van der Waals surface area contributed by atoms with Gasteiger partial charge in [0.05, 0.1) is 6.54 Å². The fraction of sp³-hybridized carbons (Fsp3) is 0.333. The molecule has 21 heavy (non-hydrogen) atoms. The molecule has 0 saturated carbocycles. The highest BCUT2D eigenvalue weighted by Crippen LogP contribution is 2.18. The first-order valence-corrected chi connectivity index (χ1v) is 7.39. The van der Waals surface area contributed by atoms with Crippen molar-refractivity contribution in [2.75, 3.05) is 31.6 Å². The third kappa shape index (κ3) is 4.50. The number of benzene rings is 2. The molecule has 2 aromatic carbocycles. The topological polar surface area (TPSA) is 38.5 Å². The summed E-state index contributed by atoms with van der Waals surface area (Å²) in [6.45, 7) is 4.33. The van der Waals surface area contributed by atoms with Crippen molar-refractivity contribution in [3.63, 3.8) is 0 Å².